The molecule has 0 aliphatic heterocycles. The lowest BCUT2D eigenvalue weighted by molar-refractivity contribution is 0.694. The topological polar surface area (TPSA) is 0 Å². The first kappa shape index (κ1) is 7.84. The molecule has 0 saturated heterocycles. The fraction of sp³-hybridized carbons (Fsp3) is 0.800. The molecule has 0 unspecified atom stereocenters. The van der Waals surface area contributed by atoms with Crippen molar-refractivity contribution in [2.75, 3.05) is 0 Å². The van der Waals surface area contributed by atoms with Crippen LogP contribution in [0.1, 0.15) is 45.4 Å². The maximum Gasteiger partial charge on any atom is -0.0205 e. The Kier molecular flexibility index (Phi) is 2.98. The number of rotatable bonds is 5. The summed E-state index contributed by atoms with van der Waals surface area (Å²) in [5.41, 5.74) is 1.52. The molecule has 1 aliphatic rings. The largest absolute Gasteiger partial charge is 0.0996 e. The van der Waals surface area contributed by atoms with Gasteiger partial charge in [0.2, 0.25) is 0 Å². The van der Waals surface area contributed by atoms with Gasteiger partial charge in [0.15, 0.2) is 0 Å². The maximum absolute atomic E-state index is 4.09. The highest BCUT2D eigenvalue weighted by Crippen LogP contribution is 2.37. The molecule has 58 valence electrons. The summed E-state index contributed by atoms with van der Waals surface area (Å²) < 4.78 is 0. The molecule has 0 spiro atoms. The zero-order chi connectivity index (χ0) is 7.40. The summed E-state index contributed by atoms with van der Waals surface area (Å²) >= 11 is 0. The number of hydrogen-bond donors (Lipinski definition) is 0. The summed E-state index contributed by atoms with van der Waals surface area (Å²) in [5, 5.41) is 0. The summed E-state index contributed by atoms with van der Waals surface area (Å²) in [6.45, 7) is 6.34. The number of hydrogen-bond acceptors (Lipinski definition) is 0. The van der Waals surface area contributed by atoms with E-state index in [1.165, 1.54) is 44.1 Å². The van der Waals surface area contributed by atoms with Crippen LogP contribution in [-0.4, -0.2) is 0 Å². The number of unbranched alkanes of at least 4 members (excludes halogenated alkanes) is 2. The predicted molar refractivity (Wildman–Crippen MR) is 46.0 cm³/mol. The highest BCUT2D eigenvalue weighted by Gasteiger charge is 2.23. The van der Waals surface area contributed by atoms with Gasteiger partial charge >= 0.3 is 0 Å². The Morgan fingerprint density at radius 3 is 2.60 bits per heavy atom. The van der Waals surface area contributed by atoms with Crippen molar-refractivity contribution in [2.24, 2.45) is 5.92 Å². The van der Waals surface area contributed by atoms with Crippen molar-refractivity contribution in [3.05, 3.63) is 12.2 Å². The first-order valence-electron chi connectivity index (χ1n) is 4.52. The van der Waals surface area contributed by atoms with Gasteiger partial charge in [0.1, 0.15) is 0 Å². The normalized spacial score (nSPS) is 17.3. The summed E-state index contributed by atoms with van der Waals surface area (Å²) in [5.74, 6) is 0.928. The molecule has 1 fully saturated rings. The lowest BCUT2D eigenvalue weighted by Gasteiger charge is -2.00. The first-order valence-corrected chi connectivity index (χ1v) is 4.52. The van der Waals surface area contributed by atoms with Crippen molar-refractivity contribution in [3.8, 4) is 0 Å². The Labute approximate surface area is 64.3 Å². The molecule has 1 rings (SSSR count). The first-order chi connectivity index (χ1) is 4.84. The van der Waals surface area contributed by atoms with Crippen molar-refractivity contribution >= 4 is 0 Å². The second-order valence-electron chi connectivity index (χ2n) is 3.39. The fourth-order valence-corrected chi connectivity index (χ4v) is 1.30. The van der Waals surface area contributed by atoms with Crippen LogP contribution in [0.5, 0.6) is 0 Å². The second kappa shape index (κ2) is 3.80. The minimum atomic E-state index is 0.928. The molecular formula is C10H18. The summed E-state index contributed by atoms with van der Waals surface area (Å²) in [4.78, 5) is 0. The van der Waals surface area contributed by atoms with E-state index in [-0.39, 0.29) is 0 Å². The quantitative estimate of drug-likeness (QED) is 0.402. The summed E-state index contributed by atoms with van der Waals surface area (Å²) in [7, 11) is 0. The smallest absolute Gasteiger partial charge is 0.0205 e. The minimum Gasteiger partial charge on any atom is -0.0996 e. The van der Waals surface area contributed by atoms with Crippen LogP contribution in [0, 0.1) is 5.92 Å². The van der Waals surface area contributed by atoms with E-state index in [0.29, 0.717) is 0 Å². The Bertz CT molecular complexity index is 109. The van der Waals surface area contributed by atoms with Crippen LogP contribution in [-0.2, 0) is 0 Å². The van der Waals surface area contributed by atoms with Crippen molar-refractivity contribution in [3.63, 3.8) is 0 Å². The van der Waals surface area contributed by atoms with Gasteiger partial charge in [0.05, 0.1) is 0 Å². The Hall–Kier alpha value is -0.260. The second-order valence-corrected chi connectivity index (χ2v) is 3.39. The van der Waals surface area contributed by atoms with Crippen molar-refractivity contribution < 1.29 is 0 Å². The van der Waals surface area contributed by atoms with Crippen LogP contribution >= 0.6 is 0 Å². The standard InChI is InChI=1S/C10H18/c1-3-4-5-6-9(2)10-7-8-10/h10H,2-8H2,1H3. The lowest BCUT2D eigenvalue weighted by atomic mass is 10.1. The molecule has 0 radical (unpaired) electrons. The minimum absolute atomic E-state index is 0.928. The van der Waals surface area contributed by atoms with Crippen LogP contribution in [0.25, 0.3) is 0 Å². The molecule has 0 aromatic rings. The zero-order valence-corrected chi connectivity index (χ0v) is 7.03. The van der Waals surface area contributed by atoms with Gasteiger partial charge in [-0.05, 0) is 31.6 Å². The van der Waals surface area contributed by atoms with Crippen LogP contribution in [0.3, 0.4) is 0 Å². The SMILES string of the molecule is C=C(CCCCC)C1CC1. The summed E-state index contributed by atoms with van der Waals surface area (Å²) in [6.07, 6.45) is 8.21. The highest BCUT2D eigenvalue weighted by atomic mass is 14.3. The molecule has 0 heterocycles. The van der Waals surface area contributed by atoms with E-state index in [1.54, 1.807) is 0 Å². The molecule has 0 heteroatoms. The lowest BCUT2D eigenvalue weighted by Crippen LogP contribution is -1.83. The average Bonchev–Trinajstić information content (AvgIpc) is 2.69. The van der Waals surface area contributed by atoms with E-state index in [0.717, 1.165) is 5.92 Å². The maximum atomic E-state index is 4.09. The third kappa shape index (κ3) is 2.55. The van der Waals surface area contributed by atoms with Crippen LogP contribution in [0.15, 0.2) is 12.2 Å². The van der Waals surface area contributed by atoms with E-state index in [2.05, 4.69) is 13.5 Å². The fourth-order valence-electron chi connectivity index (χ4n) is 1.30. The highest BCUT2D eigenvalue weighted by molar-refractivity contribution is 5.06. The monoisotopic (exact) mass is 138 g/mol. The molecule has 1 aliphatic carbocycles. The van der Waals surface area contributed by atoms with Gasteiger partial charge in [-0.3, -0.25) is 0 Å². The van der Waals surface area contributed by atoms with Gasteiger partial charge in [-0.25, -0.2) is 0 Å². The van der Waals surface area contributed by atoms with E-state index < -0.39 is 0 Å². The molecule has 0 amide bonds. The molecule has 0 bridgehead atoms. The van der Waals surface area contributed by atoms with Crippen molar-refractivity contribution in [2.45, 2.75) is 45.4 Å². The third-order valence-electron chi connectivity index (χ3n) is 2.26. The van der Waals surface area contributed by atoms with Gasteiger partial charge < -0.3 is 0 Å². The van der Waals surface area contributed by atoms with E-state index in [9.17, 15) is 0 Å². The number of allylic oxidation sites excluding steroid dienone is 1. The van der Waals surface area contributed by atoms with E-state index in [1.807, 2.05) is 0 Å². The summed E-state index contributed by atoms with van der Waals surface area (Å²) in [6, 6.07) is 0. The molecule has 1 saturated carbocycles. The molecule has 0 aromatic heterocycles. The van der Waals surface area contributed by atoms with Crippen molar-refractivity contribution in [1.82, 2.24) is 0 Å². The van der Waals surface area contributed by atoms with Crippen LogP contribution < -0.4 is 0 Å². The Balaban J connectivity index is 1.95. The van der Waals surface area contributed by atoms with Gasteiger partial charge in [0.25, 0.3) is 0 Å². The van der Waals surface area contributed by atoms with Gasteiger partial charge in [-0.1, -0.05) is 31.9 Å². The predicted octanol–water partition coefficient (Wildman–Crippen LogP) is 3.53. The van der Waals surface area contributed by atoms with Gasteiger partial charge in [-0.2, -0.15) is 0 Å². The molecule has 0 atom stereocenters. The van der Waals surface area contributed by atoms with Gasteiger partial charge in [0, 0.05) is 0 Å². The Morgan fingerprint density at radius 1 is 1.40 bits per heavy atom. The average molecular weight is 138 g/mol. The molecular weight excluding hydrogens is 120 g/mol. The molecule has 0 N–H and O–H groups in total. The van der Waals surface area contributed by atoms with Crippen LogP contribution in [0.2, 0.25) is 0 Å². The Morgan fingerprint density at radius 2 is 2.10 bits per heavy atom. The van der Waals surface area contributed by atoms with Gasteiger partial charge in [-0.15, -0.1) is 0 Å². The van der Waals surface area contributed by atoms with Crippen LogP contribution in [0.4, 0.5) is 0 Å². The van der Waals surface area contributed by atoms with E-state index >= 15 is 0 Å². The molecule has 0 nitrogen and oxygen atoms in total. The zero-order valence-electron chi connectivity index (χ0n) is 7.03. The molecule has 0 aromatic carbocycles. The molecule has 10 heavy (non-hydrogen) atoms. The van der Waals surface area contributed by atoms with E-state index in [4.69, 9.17) is 0 Å². The third-order valence-corrected chi connectivity index (χ3v) is 2.26. The van der Waals surface area contributed by atoms with Crippen molar-refractivity contribution in [1.29, 1.82) is 0 Å².